The molecule has 1 heterocycles. The van der Waals surface area contributed by atoms with E-state index in [1.165, 1.54) is 44.9 Å². The summed E-state index contributed by atoms with van der Waals surface area (Å²) in [6.07, 6.45) is 11.5. The van der Waals surface area contributed by atoms with Gasteiger partial charge < -0.3 is 10.6 Å². The van der Waals surface area contributed by atoms with Gasteiger partial charge in [-0.1, -0.05) is 32.1 Å². The van der Waals surface area contributed by atoms with E-state index >= 15 is 0 Å². The summed E-state index contributed by atoms with van der Waals surface area (Å²) in [6.45, 7) is 4.08. The number of nitrogens with one attached hydrogen (secondary N) is 2. The summed E-state index contributed by atoms with van der Waals surface area (Å²) in [4.78, 5) is 12.2. The monoisotopic (exact) mass is 302 g/mol. The topological polar surface area (TPSA) is 41.1 Å². The van der Waals surface area contributed by atoms with Crippen molar-refractivity contribution in [1.82, 2.24) is 10.6 Å². The fraction of sp³-hybridized carbons (Fsp3) is 0.938. The van der Waals surface area contributed by atoms with Crippen molar-refractivity contribution in [3.05, 3.63) is 0 Å². The second-order valence-electron chi connectivity index (χ2n) is 6.53. The highest BCUT2D eigenvalue weighted by Gasteiger charge is 2.25. The third kappa shape index (κ3) is 6.01. The minimum absolute atomic E-state index is 0. The zero-order valence-electron chi connectivity index (χ0n) is 12.8. The fourth-order valence-corrected chi connectivity index (χ4v) is 3.50. The quantitative estimate of drug-likeness (QED) is 0.840. The highest BCUT2D eigenvalue weighted by atomic mass is 35.5. The van der Waals surface area contributed by atoms with Crippen LogP contribution in [0.1, 0.15) is 64.7 Å². The van der Waals surface area contributed by atoms with Crippen LogP contribution in [0, 0.1) is 11.8 Å². The maximum atomic E-state index is 12.2. The van der Waals surface area contributed by atoms with Crippen LogP contribution < -0.4 is 10.6 Å². The molecule has 4 heteroatoms. The van der Waals surface area contributed by atoms with Gasteiger partial charge >= 0.3 is 0 Å². The van der Waals surface area contributed by atoms with E-state index in [1.807, 2.05) is 0 Å². The Kier molecular flexibility index (Phi) is 8.55. The highest BCUT2D eigenvalue weighted by molar-refractivity contribution is 5.85. The molecule has 3 nitrogen and oxygen atoms in total. The first-order valence-electron chi connectivity index (χ1n) is 8.27. The zero-order valence-corrected chi connectivity index (χ0v) is 13.6. The van der Waals surface area contributed by atoms with E-state index in [-0.39, 0.29) is 18.3 Å². The lowest BCUT2D eigenvalue weighted by Crippen LogP contribution is -2.43. The van der Waals surface area contributed by atoms with Gasteiger partial charge in [0.25, 0.3) is 0 Å². The van der Waals surface area contributed by atoms with Gasteiger partial charge in [-0.25, -0.2) is 0 Å². The lowest BCUT2D eigenvalue weighted by Gasteiger charge is -2.28. The lowest BCUT2D eigenvalue weighted by atomic mass is 9.90. The van der Waals surface area contributed by atoms with Crippen molar-refractivity contribution in [3.8, 4) is 0 Å². The molecule has 118 valence electrons. The molecule has 0 unspecified atom stereocenters. The van der Waals surface area contributed by atoms with Gasteiger partial charge in [-0.05, 0) is 45.1 Å². The largest absolute Gasteiger partial charge is 0.356 e. The maximum Gasteiger partial charge on any atom is 0.223 e. The molecule has 2 N–H and O–H groups in total. The van der Waals surface area contributed by atoms with Crippen molar-refractivity contribution in [2.45, 2.75) is 70.8 Å². The summed E-state index contributed by atoms with van der Waals surface area (Å²) in [5, 5.41) is 6.63. The van der Waals surface area contributed by atoms with Gasteiger partial charge in [0.15, 0.2) is 0 Å². The van der Waals surface area contributed by atoms with Gasteiger partial charge in [-0.3, -0.25) is 4.79 Å². The standard InChI is InChI=1S/C16H30N2O.ClH/c1-13-11-15(9-10-17-13)16(19)18-12-14-7-5-3-2-4-6-8-14;/h13-15,17H,2-12H2,1H3,(H,18,19);1H/t13-,15-;/m0./s1. The predicted molar refractivity (Wildman–Crippen MR) is 86.3 cm³/mol. The van der Waals surface area contributed by atoms with Crippen molar-refractivity contribution in [1.29, 1.82) is 0 Å². The third-order valence-electron chi connectivity index (χ3n) is 4.78. The summed E-state index contributed by atoms with van der Waals surface area (Å²) in [6, 6.07) is 0.492. The molecule has 1 aliphatic heterocycles. The highest BCUT2D eigenvalue weighted by Crippen LogP contribution is 2.22. The van der Waals surface area contributed by atoms with E-state index in [0.29, 0.717) is 11.9 Å². The summed E-state index contributed by atoms with van der Waals surface area (Å²) in [7, 11) is 0. The van der Waals surface area contributed by atoms with Crippen molar-refractivity contribution in [2.75, 3.05) is 13.1 Å². The predicted octanol–water partition coefficient (Wildman–Crippen LogP) is 3.27. The molecule has 0 aromatic rings. The van der Waals surface area contributed by atoms with Crippen molar-refractivity contribution in [2.24, 2.45) is 11.8 Å². The Hall–Kier alpha value is -0.280. The van der Waals surface area contributed by atoms with E-state index in [0.717, 1.165) is 31.8 Å². The summed E-state index contributed by atoms with van der Waals surface area (Å²) >= 11 is 0. The fourth-order valence-electron chi connectivity index (χ4n) is 3.50. The van der Waals surface area contributed by atoms with Crippen LogP contribution in [0.3, 0.4) is 0 Å². The number of hydrogen-bond donors (Lipinski definition) is 2. The number of amides is 1. The maximum absolute atomic E-state index is 12.2. The summed E-state index contributed by atoms with van der Waals surface area (Å²) < 4.78 is 0. The molecule has 2 rings (SSSR count). The Labute approximate surface area is 130 Å². The molecule has 2 aliphatic rings. The molecule has 0 aromatic carbocycles. The van der Waals surface area contributed by atoms with E-state index in [4.69, 9.17) is 0 Å². The minimum Gasteiger partial charge on any atom is -0.356 e. The lowest BCUT2D eigenvalue weighted by molar-refractivity contribution is -0.126. The Bertz CT molecular complexity index is 278. The Balaban J connectivity index is 0.00000200. The Morgan fingerprint density at radius 3 is 2.40 bits per heavy atom. The molecular formula is C16H31ClN2O. The minimum atomic E-state index is 0. The molecule has 2 fully saturated rings. The number of piperidine rings is 1. The molecule has 20 heavy (non-hydrogen) atoms. The molecule has 2 atom stereocenters. The molecular weight excluding hydrogens is 272 g/mol. The van der Waals surface area contributed by atoms with E-state index in [9.17, 15) is 4.79 Å². The van der Waals surface area contributed by atoms with Crippen LogP contribution in [0.5, 0.6) is 0 Å². The van der Waals surface area contributed by atoms with Gasteiger partial charge in [0.1, 0.15) is 0 Å². The van der Waals surface area contributed by atoms with E-state index in [2.05, 4.69) is 17.6 Å². The average Bonchev–Trinajstić information content (AvgIpc) is 2.37. The molecule has 0 bridgehead atoms. The smallest absolute Gasteiger partial charge is 0.223 e. The number of hydrogen-bond acceptors (Lipinski definition) is 2. The van der Waals surface area contributed by atoms with Crippen LogP contribution in [0.25, 0.3) is 0 Å². The van der Waals surface area contributed by atoms with Crippen molar-refractivity contribution < 1.29 is 4.79 Å². The summed E-state index contributed by atoms with van der Waals surface area (Å²) in [5.41, 5.74) is 0. The van der Waals surface area contributed by atoms with Crippen molar-refractivity contribution >= 4 is 18.3 Å². The van der Waals surface area contributed by atoms with Gasteiger partial charge in [-0.2, -0.15) is 0 Å². The second-order valence-corrected chi connectivity index (χ2v) is 6.53. The van der Waals surface area contributed by atoms with E-state index in [1.54, 1.807) is 0 Å². The Morgan fingerprint density at radius 2 is 1.75 bits per heavy atom. The first kappa shape index (κ1) is 17.8. The van der Waals surface area contributed by atoms with Gasteiger partial charge in [-0.15, -0.1) is 12.4 Å². The summed E-state index contributed by atoms with van der Waals surface area (Å²) in [5.74, 6) is 1.27. The molecule has 1 saturated heterocycles. The van der Waals surface area contributed by atoms with Crippen LogP contribution in [-0.2, 0) is 4.79 Å². The number of halogens is 1. The number of carbonyl (C=O) groups excluding carboxylic acids is 1. The zero-order chi connectivity index (χ0) is 13.5. The third-order valence-corrected chi connectivity index (χ3v) is 4.78. The molecule has 1 saturated carbocycles. The SMILES string of the molecule is C[C@H]1C[C@@H](C(=O)NCC2CCCCCCC2)CCN1.Cl. The molecule has 0 aromatic heterocycles. The van der Waals surface area contributed by atoms with Gasteiger partial charge in [0.2, 0.25) is 5.91 Å². The molecule has 1 aliphatic carbocycles. The van der Waals surface area contributed by atoms with Gasteiger partial charge in [0, 0.05) is 18.5 Å². The number of carbonyl (C=O) groups is 1. The normalized spacial score (nSPS) is 28.9. The van der Waals surface area contributed by atoms with Crippen LogP contribution >= 0.6 is 12.4 Å². The molecule has 0 spiro atoms. The van der Waals surface area contributed by atoms with Gasteiger partial charge in [0.05, 0.1) is 0 Å². The first-order valence-corrected chi connectivity index (χ1v) is 8.27. The first-order chi connectivity index (χ1) is 9.25. The van der Waals surface area contributed by atoms with Crippen LogP contribution in [0.2, 0.25) is 0 Å². The number of rotatable bonds is 3. The van der Waals surface area contributed by atoms with Crippen LogP contribution in [0.15, 0.2) is 0 Å². The molecule has 1 amide bonds. The van der Waals surface area contributed by atoms with Crippen LogP contribution in [0.4, 0.5) is 0 Å². The average molecular weight is 303 g/mol. The van der Waals surface area contributed by atoms with Crippen molar-refractivity contribution in [3.63, 3.8) is 0 Å². The Morgan fingerprint density at radius 1 is 1.10 bits per heavy atom. The molecule has 0 radical (unpaired) electrons. The van der Waals surface area contributed by atoms with Crippen LogP contribution in [-0.4, -0.2) is 25.0 Å². The van der Waals surface area contributed by atoms with E-state index < -0.39 is 0 Å². The second kappa shape index (κ2) is 9.62.